The highest BCUT2D eigenvalue weighted by Gasteiger charge is 2.35. The zero-order chi connectivity index (χ0) is 23.2. The topological polar surface area (TPSA) is 90.6 Å². The third kappa shape index (κ3) is 5.06. The summed E-state index contributed by atoms with van der Waals surface area (Å²) in [6.45, 7) is 1.84. The summed E-state index contributed by atoms with van der Waals surface area (Å²) in [5, 5.41) is 6.07. The Morgan fingerprint density at radius 1 is 1.09 bits per heavy atom. The normalized spacial score (nSPS) is 15.2. The number of hydrazone groups is 1. The van der Waals surface area contributed by atoms with Crippen molar-refractivity contribution in [2.45, 2.75) is 19.4 Å². The standard InChI is InChI=1S/C25H24N2O6/c1-3-31-24(28)16-33-20-7-4-6-18(14-20)22-15-21(17-9-11-19(30-2)12-10-17)26-27(22)25(29)23-8-5-13-32-23/h4-14,22H,3,15-16H2,1-2H3/t22-/m0/s1. The van der Waals surface area contributed by atoms with Crippen LogP contribution in [0.1, 0.15) is 41.1 Å². The van der Waals surface area contributed by atoms with Crippen LogP contribution in [0.4, 0.5) is 0 Å². The number of benzene rings is 2. The average molecular weight is 448 g/mol. The van der Waals surface area contributed by atoms with Crippen LogP contribution in [0.2, 0.25) is 0 Å². The van der Waals surface area contributed by atoms with Gasteiger partial charge in [-0.1, -0.05) is 12.1 Å². The molecule has 1 aliphatic heterocycles. The first-order valence-corrected chi connectivity index (χ1v) is 10.6. The molecule has 33 heavy (non-hydrogen) atoms. The van der Waals surface area contributed by atoms with Gasteiger partial charge in [0.1, 0.15) is 11.5 Å². The van der Waals surface area contributed by atoms with Gasteiger partial charge in [0.15, 0.2) is 12.4 Å². The number of carbonyl (C=O) groups excluding carboxylic acids is 2. The second-order valence-electron chi connectivity index (χ2n) is 7.29. The molecule has 1 amide bonds. The number of methoxy groups -OCH3 is 1. The van der Waals surface area contributed by atoms with Gasteiger partial charge in [-0.15, -0.1) is 0 Å². The van der Waals surface area contributed by atoms with Crippen molar-refractivity contribution in [3.05, 3.63) is 83.8 Å². The maximum Gasteiger partial charge on any atom is 0.344 e. The molecule has 1 atom stereocenters. The lowest BCUT2D eigenvalue weighted by atomic mass is 9.98. The van der Waals surface area contributed by atoms with Gasteiger partial charge < -0.3 is 18.6 Å². The molecule has 0 spiro atoms. The molecule has 1 aromatic heterocycles. The molecule has 170 valence electrons. The molecule has 0 radical (unpaired) electrons. The Balaban J connectivity index is 1.61. The molecule has 3 aromatic rings. The van der Waals surface area contributed by atoms with E-state index in [2.05, 4.69) is 5.10 Å². The molecule has 0 aliphatic carbocycles. The highest BCUT2D eigenvalue weighted by molar-refractivity contribution is 6.04. The summed E-state index contributed by atoms with van der Waals surface area (Å²) in [6.07, 6.45) is 1.95. The molecule has 8 nitrogen and oxygen atoms in total. The largest absolute Gasteiger partial charge is 0.497 e. The van der Waals surface area contributed by atoms with Gasteiger partial charge in [-0.05, 0) is 66.6 Å². The average Bonchev–Trinajstić information content (AvgIpc) is 3.54. The van der Waals surface area contributed by atoms with Gasteiger partial charge in [-0.2, -0.15) is 5.10 Å². The molecule has 2 aromatic carbocycles. The lowest BCUT2D eigenvalue weighted by molar-refractivity contribution is -0.145. The van der Waals surface area contributed by atoms with Crippen LogP contribution in [0.15, 0.2) is 76.4 Å². The predicted molar refractivity (Wildman–Crippen MR) is 120 cm³/mol. The number of furan rings is 1. The van der Waals surface area contributed by atoms with E-state index in [9.17, 15) is 9.59 Å². The summed E-state index contributed by atoms with van der Waals surface area (Å²) in [4.78, 5) is 24.8. The number of ether oxygens (including phenoxy) is 3. The Bertz CT molecular complexity index is 1140. The van der Waals surface area contributed by atoms with Crippen molar-refractivity contribution < 1.29 is 28.2 Å². The number of nitrogens with zero attached hydrogens (tertiary/aromatic N) is 2. The smallest absolute Gasteiger partial charge is 0.344 e. The van der Waals surface area contributed by atoms with E-state index >= 15 is 0 Å². The van der Waals surface area contributed by atoms with E-state index in [4.69, 9.17) is 18.6 Å². The Morgan fingerprint density at radius 2 is 1.91 bits per heavy atom. The molecular formula is C25H24N2O6. The third-order valence-corrected chi connectivity index (χ3v) is 5.18. The van der Waals surface area contributed by atoms with Gasteiger partial charge in [-0.25, -0.2) is 9.80 Å². The Hall–Kier alpha value is -4.07. The first-order chi connectivity index (χ1) is 16.1. The quantitative estimate of drug-likeness (QED) is 0.479. The van der Waals surface area contributed by atoms with E-state index in [1.54, 1.807) is 38.3 Å². The number of hydrogen-bond acceptors (Lipinski definition) is 7. The molecule has 0 unspecified atom stereocenters. The van der Waals surface area contributed by atoms with Crippen molar-refractivity contribution in [3.63, 3.8) is 0 Å². The van der Waals surface area contributed by atoms with Crippen LogP contribution in [0.5, 0.6) is 11.5 Å². The summed E-state index contributed by atoms with van der Waals surface area (Å²) in [7, 11) is 1.61. The minimum absolute atomic E-state index is 0.190. The van der Waals surface area contributed by atoms with Crippen molar-refractivity contribution in [1.29, 1.82) is 0 Å². The van der Waals surface area contributed by atoms with Crippen molar-refractivity contribution >= 4 is 17.6 Å². The molecule has 2 heterocycles. The lowest BCUT2D eigenvalue weighted by Gasteiger charge is -2.21. The Labute approximate surface area is 191 Å². The number of hydrogen-bond donors (Lipinski definition) is 0. The SMILES string of the molecule is CCOC(=O)COc1cccc([C@@H]2CC(c3ccc(OC)cc3)=NN2C(=O)c2ccco2)c1. The fraction of sp³-hybridized carbons (Fsp3) is 0.240. The van der Waals surface area contributed by atoms with Crippen molar-refractivity contribution in [2.75, 3.05) is 20.3 Å². The van der Waals surface area contributed by atoms with Gasteiger partial charge in [0.25, 0.3) is 0 Å². The van der Waals surface area contributed by atoms with Crippen LogP contribution in [0.3, 0.4) is 0 Å². The van der Waals surface area contributed by atoms with E-state index in [1.807, 2.05) is 36.4 Å². The number of carbonyl (C=O) groups is 2. The Morgan fingerprint density at radius 3 is 2.61 bits per heavy atom. The van der Waals surface area contributed by atoms with Crippen LogP contribution >= 0.6 is 0 Å². The van der Waals surface area contributed by atoms with E-state index in [0.717, 1.165) is 22.6 Å². The Kier molecular flexibility index (Phi) is 6.73. The number of rotatable bonds is 8. The van der Waals surface area contributed by atoms with Gasteiger partial charge in [0.05, 0.1) is 31.7 Å². The van der Waals surface area contributed by atoms with Gasteiger partial charge in [0, 0.05) is 6.42 Å². The van der Waals surface area contributed by atoms with Crippen molar-refractivity contribution in [2.24, 2.45) is 5.10 Å². The highest BCUT2D eigenvalue weighted by atomic mass is 16.6. The molecule has 0 saturated carbocycles. The first kappa shape index (κ1) is 22.1. The maximum absolute atomic E-state index is 13.2. The van der Waals surface area contributed by atoms with Crippen LogP contribution in [0, 0.1) is 0 Å². The molecular weight excluding hydrogens is 424 g/mol. The molecule has 0 bridgehead atoms. The minimum atomic E-state index is -0.441. The molecule has 0 N–H and O–H groups in total. The van der Waals surface area contributed by atoms with E-state index in [-0.39, 0.29) is 24.3 Å². The minimum Gasteiger partial charge on any atom is -0.497 e. The van der Waals surface area contributed by atoms with Crippen LogP contribution < -0.4 is 9.47 Å². The summed E-state index contributed by atoms with van der Waals surface area (Å²) >= 11 is 0. The van der Waals surface area contributed by atoms with Crippen LogP contribution in [0.25, 0.3) is 0 Å². The summed E-state index contributed by atoms with van der Waals surface area (Å²) in [5.41, 5.74) is 2.48. The summed E-state index contributed by atoms with van der Waals surface area (Å²) in [6, 6.07) is 17.7. The second-order valence-corrected chi connectivity index (χ2v) is 7.29. The van der Waals surface area contributed by atoms with E-state index in [0.29, 0.717) is 18.8 Å². The zero-order valence-electron chi connectivity index (χ0n) is 18.4. The number of esters is 1. The fourth-order valence-corrected chi connectivity index (χ4v) is 3.58. The van der Waals surface area contributed by atoms with E-state index in [1.165, 1.54) is 11.3 Å². The molecule has 4 rings (SSSR count). The first-order valence-electron chi connectivity index (χ1n) is 10.6. The summed E-state index contributed by atoms with van der Waals surface area (Å²) < 4.78 is 21.0. The molecule has 8 heteroatoms. The fourth-order valence-electron chi connectivity index (χ4n) is 3.58. The molecule has 0 fully saturated rings. The van der Waals surface area contributed by atoms with Gasteiger partial charge in [-0.3, -0.25) is 4.79 Å². The van der Waals surface area contributed by atoms with Crippen molar-refractivity contribution in [1.82, 2.24) is 5.01 Å². The molecule has 1 aliphatic rings. The predicted octanol–water partition coefficient (Wildman–Crippen LogP) is 4.22. The maximum atomic E-state index is 13.2. The summed E-state index contributed by atoms with van der Waals surface area (Å²) in [5.74, 6) is 0.664. The van der Waals surface area contributed by atoms with Gasteiger partial charge in [0.2, 0.25) is 0 Å². The molecule has 0 saturated heterocycles. The van der Waals surface area contributed by atoms with Crippen molar-refractivity contribution in [3.8, 4) is 11.5 Å². The van der Waals surface area contributed by atoms with Gasteiger partial charge >= 0.3 is 11.9 Å². The lowest BCUT2D eigenvalue weighted by Crippen LogP contribution is -2.26. The third-order valence-electron chi connectivity index (χ3n) is 5.18. The van der Waals surface area contributed by atoms with Crippen LogP contribution in [-0.4, -0.2) is 42.9 Å². The number of amides is 1. The van der Waals surface area contributed by atoms with E-state index < -0.39 is 5.97 Å². The zero-order valence-corrected chi connectivity index (χ0v) is 18.4. The monoisotopic (exact) mass is 448 g/mol. The second kappa shape index (κ2) is 10.0. The highest BCUT2D eigenvalue weighted by Crippen LogP contribution is 2.35. The van der Waals surface area contributed by atoms with Crippen LogP contribution in [-0.2, 0) is 9.53 Å².